The summed E-state index contributed by atoms with van der Waals surface area (Å²) < 4.78 is 27.4. The molecule has 0 radical (unpaired) electrons. The largest absolute Gasteiger partial charge is 0.345 e. The molecule has 0 amide bonds. The van der Waals surface area contributed by atoms with Crippen molar-refractivity contribution in [2.45, 2.75) is 4.90 Å². The van der Waals surface area contributed by atoms with Crippen molar-refractivity contribution in [2.24, 2.45) is 0 Å². The van der Waals surface area contributed by atoms with E-state index in [1.165, 1.54) is 21.7 Å². The van der Waals surface area contributed by atoms with Gasteiger partial charge in [0.1, 0.15) is 4.90 Å². The molecule has 2 heterocycles. The van der Waals surface area contributed by atoms with Gasteiger partial charge in [0.05, 0.1) is 25.8 Å². The van der Waals surface area contributed by atoms with Crippen molar-refractivity contribution in [1.82, 2.24) is 9.29 Å². The van der Waals surface area contributed by atoms with Gasteiger partial charge in [0, 0.05) is 37.1 Å². The first-order valence-corrected chi connectivity index (χ1v) is 12.7. The van der Waals surface area contributed by atoms with Gasteiger partial charge in [0.25, 0.3) is 0 Å². The zero-order valence-corrected chi connectivity index (χ0v) is 20.0. The van der Waals surface area contributed by atoms with Gasteiger partial charge >= 0.3 is 0 Å². The molecular formula is C19H15Cl4N3O2S2. The van der Waals surface area contributed by atoms with E-state index in [1.807, 2.05) is 11.4 Å². The van der Waals surface area contributed by atoms with Crippen LogP contribution < -0.4 is 4.90 Å². The SMILES string of the molecule is O=S(=O)(c1cccc(Cl)c1Cl)N1CCN(c2nc(-c3ccc(Cl)c(Cl)c3)cs2)CC1. The molecule has 0 saturated carbocycles. The number of sulfonamides is 1. The van der Waals surface area contributed by atoms with Gasteiger partial charge in [-0.25, -0.2) is 13.4 Å². The lowest BCUT2D eigenvalue weighted by Gasteiger charge is -2.34. The molecule has 3 aromatic rings. The minimum atomic E-state index is -3.72. The molecule has 2 aromatic carbocycles. The number of rotatable bonds is 4. The molecule has 1 aromatic heterocycles. The maximum Gasteiger partial charge on any atom is 0.244 e. The zero-order valence-electron chi connectivity index (χ0n) is 15.4. The van der Waals surface area contributed by atoms with E-state index in [9.17, 15) is 8.42 Å². The first-order chi connectivity index (χ1) is 14.3. The van der Waals surface area contributed by atoms with E-state index < -0.39 is 10.0 Å². The third-order valence-corrected chi connectivity index (χ3v) is 9.26. The summed E-state index contributed by atoms with van der Waals surface area (Å²) in [5.41, 5.74) is 1.68. The van der Waals surface area contributed by atoms with Gasteiger partial charge < -0.3 is 4.90 Å². The van der Waals surface area contributed by atoms with Crippen LogP contribution >= 0.6 is 57.7 Å². The van der Waals surface area contributed by atoms with Crippen LogP contribution in [0.1, 0.15) is 0 Å². The van der Waals surface area contributed by atoms with Crippen molar-refractivity contribution in [2.75, 3.05) is 31.1 Å². The van der Waals surface area contributed by atoms with Crippen molar-refractivity contribution in [3.05, 3.63) is 61.9 Å². The number of halogens is 4. The Morgan fingerprint density at radius 1 is 0.900 bits per heavy atom. The summed E-state index contributed by atoms with van der Waals surface area (Å²) in [5, 5.41) is 4.01. The van der Waals surface area contributed by atoms with Crippen LogP contribution in [0.4, 0.5) is 5.13 Å². The Labute approximate surface area is 198 Å². The Kier molecular flexibility index (Phi) is 6.51. The lowest BCUT2D eigenvalue weighted by Crippen LogP contribution is -2.48. The van der Waals surface area contributed by atoms with Crippen LogP contribution in [0, 0.1) is 0 Å². The quantitative estimate of drug-likeness (QED) is 0.425. The maximum atomic E-state index is 13.0. The van der Waals surface area contributed by atoms with Crippen molar-refractivity contribution in [3.8, 4) is 11.3 Å². The van der Waals surface area contributed by atoms with Crippen molar-refractivity contribution in [1.29, 1.82) is 0 Å². The van der Waals surface area contributed by atoms with E-state index in [1.54, 1.807) is 24.3 Å². The molecule has 1 aliphatic heterocycles. The van der Waals surface area contributed by atoms with E-state index in [4.69, 9.17) is 46.4 Å². The molecule has 0 bridgehead atoms. The molecule has 158 valence electrons. The van der Waals surface area contributed by atoms with E-state index >= 15 is 0 Å². The standard InChI is InChI=1S/C19H15Cl4N3O2S2/c20-13-5-4-12(10-15(13)22)16-11-29-19(24-16)25-6-8-26(9-7-25)30(27,28)17-3-1-2-14(21)18(17)23/h1-5,10-11H,6-9H2. The molecule has 1 fully saturated rings. The van der Waals surface area contributed by atoms with Crippen LogP contribution in [0.5, 0.6) is 0 Å². The van der Waals surface area contributed by atoms with Gasteiger partial charge in [0.2, 0.25) is 10.0 Å². The van der Waals surface area contributed by atoms with Crippen molar-refractivity contribution < 1.29 is 8.42 Å². The van der Waals surface area contributed by atoms with Crippen LogP contribution in [-0.4, -0.2) is 43.9 Å². The lowest BCUT2D eigenvalue weighted by molar-refractivity contribution is 0.385. The van der Waals surface area contributed by atoms with Crippen LogP contribution in [0.25, 0.3) is 11.3 Å². The first-order valence-electron chi connectivity index (χ1n) is 8.87. The lowest BCUT2D eigenvalue weighted by atomic mass is 10.2. The smallest absolute Gasteiger partial charge is 0.244 e. The highest BCUT2D eigenvalue weighted by Gasteiger charge is 2.31. The van der Waals surface area contributed by atoms with Crippen molar-refractivity contribution in [3.63, 3.8) is 0 Å². The normalized spacial score (nSPS) is 15.5. The summed E-state index contributed by atoms with van der Waals surface area (Å²) in [6.45, 7) is 1.69. The third-order valence-electron chi connectivity index (χ3n) is 4.75. The Hall–Kier alpha value is -1.06. The molecule has 0 unspecified atom stereocenters. The fourth-order valence-electron chi connectivity index (χ4n) is 3.14. The molecule has 0 atom stereocenters. The van der Waals surface area contributed by atoms with Gasteiger partial charge in [-0.3, -0.25) is 0 Å². The summed E-state index contributed by atoms with van der Waals surface area (Å²) in [7, 11) is -3.72. The summed E-state index contributed by atoms with van der Waals surface area (Å²) in [5.74, 6) is 0. The van der Waals surface area contributed by atoms with Gasteiger partial charge in [-0.05, 0) is 24.3 Å². The van der Waals surface area contributed by atoms with Crippen LogP contribution in [0.3, 0.4) is 0 Å². The Morgan fingerprint density at radius 2 is 1.63 bits per heavy atom. The fraction of sp³-hybridized carbons (Fsp3) is 0.211. The molecule has 0 aliphatic carbocycles. The molecular weight excluding hydrogens is 508 g/mol. The maximum absolute atomic E-state index is 13.0. The second-order valence-corrected chi connectivity index (χ2v) is 10.9. The number of aromatic nitrogens is 1. The van der Waals surface area contributed by atoms with Crippen LogP contribution in [-0.2, 0) is 10.0 Å². The minimum Gasteiger partial charge on any atom is -0.345 e. The van der Waals surface area contributed by atoms with Gasteiger partial charge in [-0.2, -0.15) is 4.31 Å². The molecule has 4 rings (SSSR count). The van der Waals surface area contributed by atoms with E-state index in [0.717, 1.165) is 16.4 Å². The van der Waals surface area contributed by atoms with E-state index in [-0.39, 0.29) is 14.9 Å². The second kappa shape index (κ2) is 8.82. The molecule has 1 aliphatic rings. The molecule has 5 nitrogen and oxygen atoms in total. The average molecular weight is 523 g/mol. The topological polar surface area (TPSA) is 53.5 Å². The summed E-state index contributed by atoms with van der Waals surface area (Å²) in [4.78, 5) is 6.78. The number of piperazine rings is 1. The average Bonchev–Trinajstić information content (AvgIpc) is 3.22. The number of hydrogen-bond donors (Lipinski definition) is 0. The number of benzene rings is 2. The monoisotopic (exact) mass is 521 g/mol. The van der Waals surface area contributed by atoms with E-state index in [0.29, 0.717) is 36.2 Å². The molecule has 11 heteroatoms. The number of nitrogens with zero attached hydrogens (tertiary/aromatic N) is 3. The third kappa shape index (κ3) is 4.30. The van der Waals surface area contributed by atoms with Gasteiger partial charge in [0.15, 0.2) is 5.13 Å². The Morgan fingerprint density at radius 3 is 2.33 bits per heavy atom. The molecule has 0 N–H and O–H groups in total. The Balaban J connectivity index is 1.48. The zero-order chi connectivity index (χ0) is 21.5. The number of anilines is 1. The van der Waals surface area contributed by atoms with Crippen LogP contribution in [0.2, 0.25) is 20.1 Å². The molecule has 0 spiro atoms. The molecule has 30 heavy (non-hydrogen) atoms. The highest BCUT2D eigenvalue weighted by atomic mass is 35.5. The number of hydrogen-bond acceptors (Lipinski definition) is 5. The fourth-order valence-corrected chi connectivity index (χ4v) is 6.48. The first kappa shape index (κ1) is 22.1. The summed E-state index contributed by atoms with van der Waals surface area (Å²) in [6.07, 6.45) is 0. The van der Waals surface area contributed by atoms with Crippen molar-refractivity contribution >= 4 is 72.9 Å². The molecule has 1 saturated heterocycles. The predicted octanol–water partition coefficient (Wildman–Crippen LogP) is 5.93. The van der Waals surface area contributed by atoms with Gasteiger partial charge in [-0.1, -0.05) is 58.5 Å². The minimum absolute atomic E-state index is 0.0290. The number of thiazole rings is 1. The van der Waals surface area contributed by atoms with Crippen LogP contribution in [0.15, 0.2) is 46.7 Å². The second-order valence-electron chi connectivity index (χ2n) is 6.59. The van der Waals surface area contributed by atoms with Gasteiger partial charge in [-0.15, -0.1) is 11.3 Å². The van der Waals surface area contributed by atoms with E-state index in [2.05, 4.69) is 9.88 Å². The summed E-state index contributed by atoms with van der Waals surface area (Å²) in [6, 6.07) is 10.0. The Bertz CT molecular complexity index is 1190. The highest BCUT2D eigenvalue weighted by molar-refractivity contribution is 7.89. The highest BCUT2D eigenvalue weighted by Crippen LogP contribution is 2.34. The summed E-state index contributed by atoms with van der Waals surface area (Å²) >= 11 is 25.7. The predicted molar refractivity (Wildman–Crippen MR) is 125 cm³/mol.